The van der Waals surface area contributed by atoms with Gasteiger partial charge in [0.1, 0.15) is 0 Å². The summed E-state index contributed by atoms with van der Waals surface area (Å²) in [6.45, 7) is 3.51. The number of hydrogen-bond donors (Lipinski definition) is 0. The van der Waals surface area contributed by atoms with E-state index in [1.807, 2.05) is 0 Å². The number of likely N-dealkylation sites (tertiary alicyclic amines) is 1. The zero-order valence-corrected chi connectivity index (χ0v) is 7.34. The zero-order chi connectivity index (χ0) is 7.73. The van der Waals surface area contributed by atoms with E-state index in [2.05, 4.69) is 17.3 Å². The van der Waals surface area contributed by atoms with E-state index in [-0.39, 0.29) is 0 Å². The average Bonchev–Trinajstić information content (AvgIpc) is 2.36. The molecule has 2 nitrogen and oxygen atoms in total. The van der Waals surface area contributed by atoms with Crippen LogP contribution in [0.4, 0.5) is 0 Å². The summed E-state index contributed by atoms with van der Waals surface area (Å²) < 4.78 is 0. The quantitative estimate of drug-likeness (QED) is 0.504. The summed E-state index contributed by atoms with van der Waals surface area (Å²) in [6.07, 6.45) is 5.43. The van der Waals surface area contributed by atoms with Gasteiger partial charge in [0.25, 0.3) is 0 Å². The second-order valence-corrected chi connectivity index (χ2v) is 3.92. The molecule has 0 aromatic rings. The van der Waals surface area contributed by atoms with Gasteiger partial charge in [-0.2, -0.15) is 0 Å². The Balaban J connectivity index is 2.06. The van der Waals surface area contributed by atoms with Crippen molar-refractivity contribution in [1.82, 2.24) is 10.2 Å². The fourth-order valence-corrected chi connectivity index (χ4v) is 2.52. The molecular weight excluding hydrogens is 136 g/mol. The van der Waals surface area contributed by atoms with E-state index in [9.17, 15) is 0 Å². The highest BCUT2D eigenvalue weighted by Crippen LogP contribution is 2.35. The van der Waals surface area contributed by atoms with Gasteiger partial charge in [0.2, 0.25) is 0 Å². The lowest BCUT2D eigenvalue weighted by Gasteiger charge is -2.39. The highest BCUT2D eigenvalue weighted by atomic mass is 15.2. The van der Waals surface area contributed by atoms with Crippen LogP contribution in [0.1, 0.15) is 25.7 Å². The molecule has 2 heteroatoms. The van der Waals surface area contributed by atoms with Crippen LogP contribution >= 0.6 is 0 Å². The average molecular weight is 153 g/mol. The third kappa shape index (κ3) is 1.18. The van der Waals surface area contributed by atoms with Crippen molar-refractivity contribution in [2.45, 2.75) is 31.2 Å². The molecule has 11 heavy (non-hydrogen) atoms. The lowest BCUT2D eigenvalue weighted by molar-refractivity contribution is 0.127. The summed E-state index contributed by atoms with van der Waals surface area (Å²) in [5.74, 6) is 0. The molecule has 2 aliphatic heterocycles. The normalized spacial score (nSPS) is 31.4. The van der Waals surface area contributed by atoms with E-state index in [4.69, 9.17) is 0 Å². The smallest absolute Gasteiger partial charge is 0.0232 e. The van der Waals surface area contributed by atoms with Crippen LogP contribution in [0.5, 0.6) is 0 Å². The van der Waals surface area contributed by atoms with Crippen LogP contribution in [-0.2, 0) is 0 Å². The molecule has 0 bridgehead atoms. The Bertz CT molecular complexity index is 138. The first-order valence-corrected chi connectivity index (χ1v) is 4.68. The van der Waals surface area contributed by atoms with Crippen molar-refractivity contribution in [3.63, 3.8) is 0 Å². The Morgan fingerprint density at radius 1 is 1.18 bits per heavy atom. The van der Waals surface area contributed by atoms with Crippen molar-refractivity contribution in [3.05, 3.63) is 0 Å². The highest BCUT2D eigenvalue weighted by molar-refractivity contribution is 4.96. The van der Waals surface area contributed by atoms with Crippen molar-refractivity contribution in [3.8, 4) is 0 Å². The van der Waals surface area contributed by atoms with Gasteiger partial charge in [-0.1, -0.05) is 0 Å². The van der Waals surface area contributed by atoms with Crippen molar-refractivity contribution in [2.75, 3.05) is 26.7 Å². The maximum Gasteiger partial charge on any atom is 0.0232 e. The van der Waals surface area contributed by atoms with Gasteiger partial charge in [-0.15, -0.1) is 0 Å². The first-order valence-electron chi connectivity index (χ1n) is 4.68. The van der Waals surface area contributed by atoms with E-state index in [1.165, 1.54) is 32.2 Å². The Morgan fingerprint density at radius 3 is 2.45 bits per heavy atom. The Labute approximate surface area is 69.0 Å². The van der Waals surface area contributed by atoms with Crippen LogP contribution in [0.2, 0.25) is 0 Å². The van der Waals surface area contributed by atoms with Crippen LogP contribution in [-0.4, -0.2) is 37.1 Å². The number of hydrogen-bond acceptors (Lipinski definition) is 1. The number of rotatable bonds is 0. The highest BCUT2D eigenvalue weighted by Gasteiger charge is 2.39. The van der Waals surface area contributed by atoms with E-state index in [0.29, 0.717) is 5.54 Å². The van der Waals surface area contributed by atoms with Crippen molar-refractivity contribution >= 4 is 0 Å². The SMILES string of the molecule is CN1CCCC12CC[N]CC2. The second-order valence-electron chi connectivity index (χ2n) is 3.92. The second kappa shape index (κ2) is 2.76. The maximum absolute atomic E-state index is 4.40. The number of nitrogens with zero attached hydrogens (tertiary/aromatic N) is 2. The first-order chi connectivity index (χ1) is 5.33. The van der Waals surface area contributed by atoms with Crippen LogP contribution < -0.4 is 5.32 Å². The van der Waals surface area contributed by atoms with E-state index in [0.717, 1.165) is 13.1 Å². The predicted octanol–water partition coefficient (Wildman–Crippen LogP) is 0.849. The molecule has 1 spiro atoms. The number of piperidine rings is 1. The van der Waals surface area contributed by atoms with Gasteiger partial charge in [-0.05, 0) is 39.3 Å². The van der Waals surface area contributed by atoms with Gasteiger partial charge < -0.3 is 4.90 Å². The first kappa shape index (κ1) is 7.56. The minimum Gasteiger partial charge on any atom is -0.301 e. The molecule has 0 N–H and O–H groups in total. The zero-order valence-electron chi connectivity index (χ0n) is 7.34. The van der Waals surface area contributed by atoms with Gasteiger partial charge in [-0.25, -0.2) is 5.32 Å². The lowest BCUT2D eigenvalue weighted by atomic mass is 9.86. The summed E-state index contributed by atoms with van der Waals surface area (Å²) in [6, 6.07) is 0. The molecule has 0 aromatic heterocycles. The Kier molecular flexibility index (Phi) is 1.90. The Hall–Kier alpha value is -0.0800. The molecule has 0 amide bonds. The van der Waals surface area contributed by atoms with Gasteiger partial charge in [0, 0.05) is 18.6 Å². The van der Waals surface area contributed by atoms with Gasteiger partial charge >= 0.3 is 0 Å². The summed E-state index contributed by atoms with van der Waals surface area (Å²) in [5, 5.41) is 4.40. The molecule has 2 fully saturated rings. The summed E-state index contributed by atoms with van der Waals surface area (Å²) >= 11 is 0. The standard InChI is InChI=1S/C9H17N2/c1-11-8-2-3-9(11)4-6-10-7-5-9/h2-8H2,1H3. The van der Waals surface area contributed by atoms with E-state index >= 15 is 0 Å². The molecule has 0 atom stereocenters. The van der Waals surface area contributed by atoms with E-state index in [1.54, 1.807) is 0 Å². The van der Waals surface area contributed by atoms with Crippen molar-refractivity contribution < 1.29 is 0 Å². The Morgan fingerprint density at radius 2 is 1.91 bits per heavy atom. The molecule has 63 valence electrons. The third-order valence-electron chi connectivity index (χ3n) is 3.42. The largest absolute Gasteiger partial charge is 0.301 e. The van der Waals surface area contributed by atoms with Crippen molar-refractivity contribution in [1.29, 1.82) is 0 Å². The van der Waals surface area contributed by atoms with Crippen LogP contribution in [0.15, 0.2) is 0 Å². The molecule has 0 aromatic carbocycles. The fourth-order valence-electron chi connectivity index (χ4n) is 2.52. The molecule has 1 radical (unpaired) electrons. The lowest BCUT2D eigenvalue weighted by Crippen LogP contribution is -2.47. The third-order valence-corrected chi connectivity index (χ3v) is 3.42. The maximum atomic E-state index is 4.40. The van der Waals surface area contributed by atoms with Gasteiger partial charge in [0.05, 0.1) is 0 Å². The monoisotopic (exact) mass is 153 g/mol. The summed E-state index contributed by atoms with van der Waals surface area (Å²) in [5.41, 5.74) is 0.571. The minimum atomic E-state index is 0.571. The summed E-state index contributed by atoms with van der Waals surface area (Å²) in [4.78, 5) is 2.56. The summed E-state index contributed by atoms with van der Waals surface area (Å²) in [7, 11) is 2.28. The van der Waals surface area contributed by atoms with Gasteiger partial charge in [-0.3, -0.25) is 0 Å². The molecule has 0 unspecified atom stereocenters. The van der Waals surface area contributed by atoms with Crippen LogP contribution in [0.25, 0.3) is 0 Å². The van der Waals surface area contributed by atoms with Gasteiger partial charge in [0.15, 0.2) is 0 Å². The topological polar surface area (TPSA) is 17.3 Å². The minimum absolute atomic E-state index is 0.571. The van der Waals surface area contributed by atoms with E-state index < -0.39 is 0 Å². The molecule has 0 saturated carbocycles. The fraction of sp³-hybridized carbons (Fsp3) is 1.00. The van der Waals surface area contributed by atoms with Crippen LogP contribution in [0, 0.1) is 0 Å². The van der Waals surface area contributed by atoms with Crippen LogP contribution in [0.3, 0.4) is 0 Å². The molecule has 2 saturated heterocycles. The van der Waals surface area contributed by atoms with Crippen molar-refractivity contribution in [2.24, 2.45) is 0 Å². The molecule has 2 heterocycles. The molecule has 0 aliphatic carbocycles. The molecule has 2 rings (SSSR count). The predicted molar refractivity (Wildman–Crippen MR) is 45.7 cm³/mol. The molecule has 2 aliphatic rings. The molecular formula is C9H17N2.